The summed E-state index contributed by atoms with van der Waals surface area (Å²) >= 11 is 0. The number of likely N-dealkylation sites (tertiary alicyclic amines) is 1. The zero-order valence-corrected chi connectivity index (χ0v) is 16.4. The number of amides is 2. The van der Waals surface area contributed by atoms with E-state index in [4.69, 9.17) is 4.74 Å². The number of carbonyl (C=O) groups is 2. The number of nitrogens with one attached hydrogen (secondary N) is 2. The number of piperidine rings is 1. The van der Waals surface area contributed by atoms with Crippen LogP contribution in [-0.4, -0.2) is 55.0 Å². The Morgan fingerprint density at radius 2 is 2.14 bits per heavy atom. The van der Waals surface area contributed by atoms with Gasteiger partial charge in [0, 0.05) is 19.3 Å². The van der Waals surface area contributed by atoms with Gasteiger partial charge in [-0.05, 0) is 43.5 Å². The quantitative estimate of drug-likeness (QED) is 0.745. The normalized spacial score (nSPS) is 16.8. The molecule has 2 amide bonds. The molecule has 1 saturated heterocycles. The molecule has 2 aromatic rings. The van der Waals surface area contributed by atoms with Crippen LogP contribution in [-0.2, 0) is 4.79 Å². The minimum Gasteiger partial charge on any atom is -0.495 e. The highest BCUT2D eigenvalue weighted by molar-refractivity contribution is 5.94. The van der Waals surface area contributed by atoms with Crippen molar-refractivity contribution in [3.8, 4) is 5.75 Å². The number of anilines is 1. The molecule has 2 heterocycles. The predicted octanol–water partition coefficient (Wildman–Crippen LogP) is 2.31. The van der Waals surface area contributed by atoms with E-state index in [0.29, 0.717) is 24.5 Å². The number of benzene rings is 1. The average Bonchev–Trinajstić information content (AvgIpc) is 2.72. The van der Waals surface area contributed by atoms with Crippen molar-refractivity contribution in [1.82, 2.24) is 15.2 Å². The van der Waals surface area contributed by atoms with Gasteiger partial charge in [-0.15, -0.1) is 0 Å². The summed E-state index contributed by atoms with van der Waals surface area (Å²) in [6.45, 7) is 2.29. The first kappa shape index (κ1) is 20.7. The lowest BCUT2D eigenvalue weighted by molar-refractivity contribution is -0.117. The Hall–Kier alpha value is -3.00. The zero-order chi connectivity index (χ0) is 20.6. The van der Waals surface area contributed by atoms with Crippen molar-refractivity contribution in [1.29, 1.82) is 0 Å². The summed E-state index contributed by atoms with van der Waals surface area (Å²) in [7, 11) is 1.56. The Labute approximate surface area is 169 Å². The molecule has 2 N–H and O–H groups in total. The molecule has 1 fully saturated rings. The van der Waals surface area contributed by atoms with Crippen molar-refractivity contribution < 1.29 is 18.7 Å². The summed E-state index contributed by atoms with van der Waals surface area (Å²) in [5, 5.41) is 5.72. The van der Waals surface area contributed by atoms with Crippen LogP contribution in [0.5, 0.6) is 5.75 Å². The average molecular weight is 400 g/mol. The Morgan fingerprint density at radius 1 is 1.31 bits per heavy atom. The Bertz CT molecular complexity index is 861. The van der Waals surface area contributed by atoms with Crippen molar-refractivity contribution in [2.75, 3.05) is 38.6 Å². The fraction of sp³-hybridized carbons (Fsp3) is 0.381. The molecule has 1 aromatic heterocycles. The SMILES string of the molecule is COc1ccccc1NC(=O)CN1CCCC(CNC(=O)c2cncc(F)c2)C1. The van der Waals surface area contributed by atoms with E-state index in [-0.39, 0.29) is 29.8 Å². The van der Waals surface area contributed by atoms with Gasteiger partial charge in [0.25, 0.3) is 5.91 Å². The third-order valence-electron chi connectivity index (χ3n) is 4.87. The lowest BCUT2D eigenvalue weighted by Gasteiger charge is -2.32. The van der Waals surface area contributed by atoms with Crippen LogP contribution in [0.2, 0.25) is 0 Å². The number of halogens is 1. The molecule has 1 unspecified atom stereocenters. The molecule has 0 spiro atoms. The number of hydrogen-bond donors (Lipinski definition) is 2. The number of rotatable bonds is 7. The van der Waals surface area contributed by atoms with Gasteiger partial charge < -0.3 is 15.4 Å². The summed E-state index contributed by atoms with van der Waals surface area (Å²) in [5.41, 5.74) is 0.846. The molecule has 0 radical (unpaired) electrons. The number of para-hydroxylation sites is 2. The highest BCUT2D eigenvalue weighted by Gasteiger charge is 2.22. The summed E-state index contributed by atoms with van der Waals surface area (Å²) in [6.07, 6.45) is 4.32. The molecule has 1 aromatic carbocycles. The molecule has 1 atom stereocenters. The first-order valence-electron chi connectivity index (χ1n) is 9.59. The highest BCUT2D eigenvalue weighted by Crippen LogP contribution is 2.23. The van der Waals surface area contributed by atoms with Gasteiger partial charge in [0.2, 0.25) is 5.91 Å². The van der Waals surface area contributed by atoms with Crippen molar-refractivity contribution in [3.05, 3.63) is 54.1 Å². The van der Waals surface area contributed by atoms with Crippen molar-refractivity contribution in [3.63, 3.8) is 0 Å². The summed E-state index contributed by atoms with van der Waals surface area (Å²) < 4.78 is 18.5. The van der Waals surface area contributed by atoms with Gasteiger partial charge in [-0.1, -0.05) is 12.1 Å². The summed E-state index contributed by atoms with van der Waals surface area (Å²) in [4.78, 5) is 30.3. The van der Waals surface area contributed by atoms with Crippen LogP contribution in [0.15, 0.2) is 42.7 Å². The molecule has 1 aliphatic heterocycles. The first-order chi connectivity index (χ1) is 14.0. The Balaban J connectivity index is 1.47. The standard InChI is InChI=1S/C21H25FN4O3/c1-29-19-7-3-2-6-18(19)25-20(27)14-26-8-4-5-15(13-26)10-24-21(28)16-9-17(22)12-23-11-16/h2-3,6-7,9,11-12,15H,4-5,8,10,13-14H2,1H3,(H,24,28)(H,25,27). The van der Waals surface area contributed by atoms with Crippen LogP contribution < -0.4 is 15.4 Å². The maximum absolute atomic E-state index is 13.2. The summed E-state index contributed by atoms with van der Waals surface area (Å²) in [6, 6.07) is 8.44. The molecule has 8 heteroatoms. The topological polar surface area (TPSA) is 83.6 Å². The zero-order valence-electron chi connectivity index (χ0n) is 16.4. The first-order valence-corrected chi connectivity index (χ1v) is 9.59. The van der Waals surface area contributed by atoms with Gasteiger partial charge in [0.1, 0.15) is 11.6 Å². The van der Waals surface area contributed by atoms with Gasteiger partial charge in [-0.3, -0.25) is 19.5 Å². The van der Waals surface area contributed by atoms with Crippen LogP contribution in [0.25, 0.3) is 0 Å². The predicted molar refractivity (Wildman–Crippen MR) is 107 cm³/mol. The minimum absolute atomic E-state index is 0.106. The lowest BCUT2D eigenvalue weighted by atomic mass is 9.98. The van der Waals surface area contributed by atoms with Crippen LogP contribution >= 0.6 is 0 Å². The van der Waals surface area contributed by atoms with Crippen molar-refractivity contribution in [2.45, 2.75) is 12.8 Å². The van der Waals surface area contributed by atoms with Crippen LogP contribution in [0, 0.1) is 11.7 Å². The fourth-order valence-electron chi connectivity index (χ4n) is 3.48. The molecular weight excluding hydrogens is 375 g/mol. The van der Waals surface area contributed by atoms with Gasteiger partial charge >= 0.3 is 0 Å². The Morgan fingerprint density at radius 3 is 2.93 bits per heavy atom. The van der Waals surface area contributed by atoms with Gasteiger partial charge in [-0.25, -0.2) is 4.39 Å². The van der Waals surface area contributed by atoms with E-state index in [9.17, 15) is 14.0 Å². The number of nitrogens with zero attached hydrogens (tertiary/aromatic N) is 2. The van der Waals surface area contributed by atoms with Crippen molar-refractivity contribution in [2.24, 2.45) is 5.92 Å². The van der Waals surface area contributed by atoms with Gasteiger partial charge in [0.15, 0.2) is 0 Å². The van der Waals surface area contributed by atoms with Crippen LogP contribution in [0.1, 0.15) is 23.2 Å². The summed E-state index contributed by atoms with van der Waals surface area (Å²) in [5.74, 6) is -0.143. The molecule has 154 valence electrons. The van der Waals surface area contributed by atoms with Crippen molar-refractivity contribution >= 4 is 17.5 Å². The molecular formula is C21H25FN4O3. The number of carbonyl (C=O) groups excluding carboxylic acids is 2. The third-order valence-corrected chi connectivity index (χ3v) is 4.87. The smallest absolute Gasteiger partial charge is 0.252 e. The second kappa shape index (κ2) is 9.97. The highest BCUT2D eigenvalue weighted by atomic mass is 19.1. The Kier molecular flexibility index (Phi) is 7.13. The lowest BCUT2D eigenvalue weighted by Crippen LogP contribution is -2.43. The number of aromatic nitrogens is 1. The van der Waals surface area contributed by atoms with E-state index in [1.807, 2.05) is 12.1 Å². The molecule has 1 aliphatic rings. The van der Waals surface area contributed by atoms with Crippen LogP contribution in [0.3, 0.4) is 0 Å². The monoisotopic (exact) mass is 400 g/mol. The fourth-order valence-corrected chi connectivity index (χ4v) is 3.48. The van der Waals surface area contributed by atoms with E-state index in [1.54, 1.807) is 19.2 Å². The molecule has 0 saturated carbocycles. The third kappa shape index (κ3) is 5.99. The number of hydrogen-bond acceptors (Lipinski definition) is 5. The second-order valence-corrected chi connectivity index (χ2v) is 7.09. The second-order valence-electron chi connectivity index (χ2n) is 7.09. The molecule has 0 bridgehead atoms. The maximum atomic E-state index is 13.2. The minimum atomic E-state index is -0.539. The number of methoxy groups -OCH3 is 1. The van der Waals surface area contributed by atoms with Crippen LogP contribution in [0.4, 0.5) is 10.1 Å². The van der Waals surface area contributed by atoms with E-state index in [1.165, 1.54) is 6.20 Å². The molecule has 29 heavy (non-hydrogen) atoms. The molecule has 7 nitrogen and oxygen atoms in total. The van der Waals surface area contributed by atoms with E-state index >= 15 is 0 Å². The molecule has 3 rings (SSSR count). The van der Waals surface area contributed by atoms with E-state index in [2.05, 4.69) is 20.5 Å². The van der Waals surface area contributed by atoms with E-state index in [0.717, 1.165) is 31.6 Å². The maximum Gasteiger partial charge on any atom is 0.252 e. The molecule has 0 aliphatic carbocycles. The van der Waals surface area contributed by atoms with Gasteiger partial charge in [-0.2, -0.15) is 0 Å². The number of pyridine rings is 1. The van der Waals surface area contributed by atoms with Gasteiger partial charge in [0.05, 0.1) is 31.1 Å². The largest absolute Gasteiger partial charge is 0.495 e. The van der Waals surface area contributed by atoms with E-state index < -0.39 is 5.82 Å². The number of ether oxygens (including phenoxy) is 1.